The maximum atomic E-state index is 4.49. The summed E-state index contributed by atoms with van der Waals surface area (Å²) >= 11 is 0. The molecule has 0 aliphatic heterocycles. The molecule has 20 heavy (non-hydrogen) atoms. The van der Waals surface area contributed by atoms with E-state index in [1.807, 2.05) is 0 Å². The van der Waals surface area contributed by atoms with Crippen molar-refractivity contribution in [3.8, 4) is 0 Å². The molecule has 1 aromatic rings. The van der Waals surface area contributed by atoms with Crippen molar-refractivity contribution in [2.75, 3.05) is 13.1 Å². The maximum Gasteiger partial charge on any atom is 0.0524 e. The molecule has 3 atom stereocenters. The highest BCUT2D eigenvalue weighted by Gasteiger charge is 2.31. The zero-order valence-electron chi connectivity index (χ0n) is 13.4. The standard InChI is InChI=1S/C17H31N3/c1-4-9-18-11-15-8-7-14(5-2)10-17(15)16-12-19-20(6-3)13-16/h12-15,17-18H,4-11H2,1-3H3. The Morgan fingerprint density at radius 2 is 2.15 bits per heavy atom. The average Bonchev–Trinajstić information content (AvgIpc) is 2.96. The molecular formula is C17H31N3. The first-order valence-corrected chi connectivity index (χ1v) is 8.51. The summed E-state index contributed by atoms with van der Waals surface area (Å²) in [5, 5.41) is 8.12. The van der Waals surface area contributed by atoms with E-state index in [1.54, 1.807) is 0 Å². The second-order valence-electron chi connectivity index (χ2n) is 6.29. The first-order chi connectivity index (χ1) is 9.78. The minimum atomic E-state index is 0.707. The van der Waals surface area contributed by atoms with Gasteiger partial charge in [-0.15, -0.1) is 0 Å². The van der Waals surface area contributed by atoms with Crippen LogP contribution >= 0.6 is 0 Å². The van der Waals surface area contributed by atoms with Crippen LogP contribution in [0, 0.1) is 11.8 Å². The highest BCUT2D eigenvalue weighted by Crippen LogP contribution is 2.41. The smallest absolute Gasteiger partial charge is 0.0524 e. The highest BCUT2D eigenvalue weighted by molar-refractivity contribution is 5.14. The van der Waals surface area contributed by atoms with Crippen molar-refractivity contribution in [3.63, 3.8) is 0 Å². The number of nitrogens with zero attached hydrogens (tertiary/aromatic N) is 2. The summed E-state index contributed by atoms with van der Waals surface area (Å²) in [7, 11) is 0. The Morgan fingerprint density at radius 1 is 1.30 bits per heavy atom. The summed E-state index contributed by atoms with van der Waals surface area (Å²) < 4.78 is 2.07. The van der Waals surface area contributed by atoms with Crippen LogP contribution in [0.15, 0.2) is 12.4 Å². The van der Waals surface area contributed by atoms with Crippen LogP contribution in [0.3, 0.4) is 0 Å². The quantitative estimate of drug-likeness (QED) is 0.768. The van der Waals surface area contributed by atoms with E-state index >= 15 is 0 Å². The molecule has 1 saturated carbocycles. The zero-order valence-corrected chi connectivity index (χ0v) is 13.4. The van der Waals surface area contributed by atoms with Gasteiger partial charge in [0.2, 0.25) is 0 Å². The lowest BCUT2D eigenvalue weighted by atomic mass is 9.71. The summed E-state index contributed by atoms with van der Waals surface area (Å²) in [5.41, 5.74) is 1.47. The summed E-state index contributed by atoms with van der Waals surface area (Å²) in [6.45, 7) is 10.0. The van der Waals surface area contributed by atoms with Crippen LogP contribution in [0.2, 0.25) is 0 Å². The van der Waals surface area contributed by atoms with Crippen molar-refractivity contribution in [2.45, 2.75) is 65.3 Å². The van der Waals surface area contributed by atoms with Gasteiger partial charge < -0.3 is 5.32 Å². The topological polar surface area (TPSA) is 29.9 Å². The minimum absolute atomic E-state index is 0.707. The van der Waals surface area contributed by atoms with Crippen LogP contribution < -0.4 is 5.32 Å². The van der Waals surface area contributed by atoms with E-state index in [-0.39, 0.29) is 0 Å². The van der Waals surface area contributed by atoms with E-state index in [1.165, 1.54) is 44.2 Å². The molecule has 1 fully saturated rings. The molecule has 2 rings (SSSR count). The lowest BCUT2D eigenvalue weighted by molar-refractivity contribution is 0.226. The molecule has 0 aromatic carbocycles. The Kier molecular flexibility index (Phi) is 6.08. The van der Waals surface area contributed by atoms with Crippen molar-refractivity contribution in [1.29, 1.82) is 0 Å². The third kappa shape index (κ3) is 3.85. The van der Waals surface area contributed by atoms with Crippen LogP contribution in [0.1, 0.15) is 64.4 Å². The van der Waals surface area contributed by atoms with Crippen LogP contribution in [0.5, 0.6) is 0 Å². The van der Waals surface area contributed by atoms with Gasteiger partial charge in [-0.3, -0.25) is 4.68 Å². The molecule has 1 aliphatic rings. The summed E-state index contributed by atoms with van der Waals surface area (Å²) in [6.07, 6.45) is 11.1. The fourth-order valence-corrected chi connectivity index (χ4v) is 3.55. The van der Waals surface area contributed by atoms with Gasteiger partial charge >= 0.3 is 0 Å². The van der Waals surface area contributed by atoms with Crippen molar-refractivity contribution in [3.05, 3.63) is 18.0 Å². The van der Waals surface area contributed by atoms with Gasteiger partial charge in [0.15, 0.2) is 0 Å². The second kappa shape index (κ2) is 7.82. The van der Waals surface area contributed by atoms with E-state index in [2.05, 4.69) is 48.3 Å². The van der Waals surface area contributed by atoms with Gasteiger partial charge in [0.1, 0.15) is 0 Å². The van der Waals surface area contributed by atoms with Gasteiger partial charge in [-0.2, -0.15) is 5.10 Å². The number of aryl methyl sites for hydroxylation is 1. The van der Waals surface area contributed by atoms with Crippen LogP contribution in [-0.2, 0) is 6.54 Å². The fraction of sp³-hybridized carbons (Fsp3) is 0.824. The second-order valence-corrected chi connectivity index (χ2v) is 6.29. The van der Waals surface area contributed by atoms with Crippen LogP contribution in [0.4, 0.5) is 0 Å². The van der Waals surface area contributed by atoms with Gasteiger partial charge in [-0.1, -0.05) is 26.7 Å². The Hall–Kier alpha value is -0.830. The molecule has 0 radical (unpaired) electrons. The lowest BCUT2D eigenvalue weighted by Crippen LogP contribution is -2.32. The van der Waals surface area contributed by atoms with Gasteiger partial charge in [0.05, 0.1) is 6.20 Å². The molecule has 0 saturated heterocycles. The summed E-state index contributed by atoms with van der Waals surface area (Å²) in [5.74, 6) is 2.41. The first kappa shape index (κ1) is 15.6. The van der Waals surface area contributed by atoms with Crippen molar-refractivity contribution in [2.24, 2.45) is 11.8 Å². The van der Waals surface area contributed by atoms with E-state index in [9.17, 15) is 0 Å². The molecule has 114 valence electrons. The van der Waals surface area contributed by atoms with Gasteiger partial charge in [-0.05, 0) is 62.6 Å². The Labute approximate surface area is 124 Å². The molecule has 3 heteroatoms. The molecule has 0 spiro atoms. The molecule has 3 unspecified atom stereocenters. The minimum Gasteiger partial charge on any atom is -0.316 e. The van der Waals surface area contributed by atoms with Crippen molar-refractivity contribution in [1.82, 2.24) is 15.1 Å². The zero-order chi connectivity index (χ0) is 14.4. The number of nitrogens with one attached hydrogen (secondary N) is 1. The molecule has 0 bridgehead atoms. The largest absolute Gasteiger partial charge is 0.316 e. The molecular weight excluding hydrogens is 246 g/mol. The molecule has 3 nitrogen and oxygen atoms in total. The van der Waals surface area contributed by atoms with E-state index in [4.69, 9.17) is 0 Å². The van der Waals surface area contributed by atoms with E-state index in [0.29, 0.717) is 5.92 Å². The molecule has 1 N–H and O–H groups in total. The average molecular weight is 277 g/mol. The SMILES string of the molecule is CCCNCC1CCC(CC)CC1c1cnn(CC)c1. The summed E-state index contributed by atoms with van der Waals surface area (Å²) in [4.78, 5) is 0. The van der Waals surface area contributed by atoms with Gasteiger partial charge in [-0.25, -0.2) is 0 Å². The number of hydrogen-bond acceptors (Lipinski definition) is 2. The predicted octanol–water partition coefficient (Wildman–Crippen LogP) is 3.81. The third-order valence-corrected chi connectivity index (χ3v) is 4.92. The molecule has 1 aromatic heterocycles. The van der Waals surface area contributed by atoms with E-state index < -0.39 is 0 Å². The molecule has 1 heterocycles. The van der Waals surface area contributed by atoms with Crippen molar-refractivity contribution < 1.29 is 0 Å². The Morgan fingerprint density at radius 3 is 2.80 bits per heavy atom. The van der Waals surface area contributed by atoms with Gasteiger partial charge in [0.25, 0.3) is 0 Å². The third-order valence-electron chi connectivity index (χ3n) is 4.92. The fourth-order valence-electron chi connectivity index (χ4n) is 3.55. The van der Waals surface area contributed by atoms with E-state index in [0.717, 1.165) is 24.9 Å². The van der Waals surface area contributed by atoms with Crippen LogP contribution in [-0.4, -0.2) is 22.9 Å². The van der Waals surface area contributed by atoms with Crippen molar-refractivity contribution >= 4 is 0 Å². The monoisotopic (exact) mass is 277 g/mol. The van der Waals surface area contributed by atoms with Gasteiger partial charge in [0, 0.05) is 12.7 Å². The number of rotatable bonds is 7. The van der Waals surface area contributed by atoms with Crippen LogP contribution in [0.25, 0.3) is 0 Å². The Bertz CT molecular complexity index is 383. The normalized spacial score (nSPS) is 26.9. The maximum absolute atomic E-state index is 4.49. The highest BCUT2D eigenvalue weighted by atomic mass is 15.3. The lowest BCUT2D eigenvalue weighted by Gasteiger charge is -2.35. The number of hydrogen-bond donors (Lipinski definition) is 1. The number of aromatic nitrogens is 2. The summed E-state index contributed by atoms with van der Waals surface area (Å²) in [6, 6.07) is 0. The molecule has 0 amide bonds. The predicted molar refractivity (Wildman–Crippen MR) is 84.9 cm³/mol. The first-order valence-electron chi connectivity index (χ1n) is 8.51. The molecule has 1 aliphatic carbocycles. The Balaban J connectivity index is 2.04.